The first-order valence-corrected chi connectivity index (χ1v) is 14.5. The van der Waals surface area contributed by atoms with Crippen molar-refractivity contribution in [3.63, 3.8) is 0 Å². The van der Waals surface area contributed by atoms with E-state index in [9.17, 15) is 4.79 Å². The van der Waals surface area contributed by atoms with Gasteiger partial charge < -0.3 is 4.90 Å². The van der Waals surface area contributed by atoms with E-state index in [1.165, 1.54) is 5.57 Å². The molecular weight excluding hydrogens is 564 g/mol. The van der Waals surface area contributed by atoms with Gasteiger partial charge >= 0.3 is 0 Å². The highest BCUT2D eigenvalue weighted by Crippen LogP contribution is 2.35. The van der Waals surface area contributed by atoms with Crippen LogP contribution in [0.3, 0.4) is 0 Å². The maximum absolute atomic E-state index is 13.5. The third-order valence-corrected chi connectivity index (χ3v) is 8.76. The Hall–Kier alpha value is -2.45. The van der Waals surface area contributed by atoms with Crippen LogP contribution in [-0.4, -0.2) is 59.0 Å². The van der Waals surface area contributed by atoms with Crippen LogP contribution in [0.4, 0.5) is 0 Å². The zero-order valence-corrected chi connectivity index (χ0v) is 24.3. The number of halogens is 2. The lowest BCUT2D eigenvalue weighted by Gasteiger charge is -2.48. The van der Waals surface area contributed by atoms with Crippen molar-refractivity contribution in [3.05, 3.63) is 80.9 Å². The molecule has 0 radical (unpaired) electrons. The number of piperidine rings is 2. The Labute approximate surface area is 238 Å². The van der Waals surface area contributed by atoms with Gasteiger partial charge in [-0.25, -0.2) is 0 Å². The number of carbonyl (C=O) groups excluding carboxylic acids is 1. The summed E-state index contributed by atoms with van der Waals surface area (Å²) in [6.07, 6.45) is 5.61. The number of fused-ring (bicyclic) bond motifs is 1. The van der Waals surface area contributed by atoms with Gasteiger partial charge in [-0.15, -0.1) is 0 Å². The summed E-state index contributed by atoms with van der Waals surface area (Å²) in [5, 5.41) is 1.48. The van der Waals surface area contributed by atoms with E-state index < -0.39 is 0 Å². The number of nitrogens with one attached hydrogen (secondary N) is 1. The predicted octanol–water partition coefficient (Wildman–Crippen LogP) is 6.69. The third-order valence-electron chi connectivity index (χ3n) is 8.00. The van der Waals surface area contributed by atoms with Crippen molar-refractivity contribution in [2.75, 3.05) is 32.8 Å². The second-order valence-electron chi connectivity index (χ2n) is 10.3. The van der Waals surface area contributed by atoms with E-state index in [0.717, 1.165) is 78.5 Å². The number of rotatable bonds is 6. The Balaban J connectivity index is 1.24. The van der Waals surface area contributed by atoms with E-state index in [2.05, 4.69) is 62.5 Å². The van der Waals surface area contributed by atoms with Crippen molar-refractivity contribution in [1.29, 1.82) is 0 Å². The van der Waals surface area contributed by atoms with Gasteiger partial charge in [0.1, 0.15) is 0 Å². The molecule has 1 N–H and O–H groups in total. The summed E-state index contributed by atoms with van der Waals surface area (Å²) in [6, 6.07) is 15.7. The SMILES string of the molecule is CCONC(=C1CCN(C2(C)CCN(C(=O)c3ccnc4cc(Cl)ccc34)CC2)CC1)c1ccc(Br)cc1. The molecule has 2 fully saturated rings. The first-order valence-electron chi connectivity index (χ1n) is 13.3. The van der Waals surface area contributed by atoms with Crippen LogP contribution in [0.5, 0.6) is 0 Å². The maximum Gasteiger partial charge on any atom is 0.254 e. The molecule has 2 saturated heterocycles. The first kappa shape index (κ1) is 27.1. The number of hydrogen-bond acceptors (Lipinski definition) is 5. The molecule has 0 spiro atoms. The molecule has 6 nitrogen and oxygen atoms in total. The Bertz CT molecular complexity index is 1330. The van der Waals surface area contributed by atoms with Crippen LogP contribution in [-0.2, 0) is 4.84 Å². The second kappa shape index (κ2) is 11.7. The molecule has 0 saturated carbocycles. The zero-order valence-electron chi connectivity index (χ0n) is 22.0. The Kier molecular flexibility index (Phi) is 8.38. The summed E-state index contributed by atoms with van der Waals surface area (Å²) < 4.78 is 1.07. The van der Waals surface area contributed by atoms with Crippen molar-refractivity contribution in [2.24, 2.45) is 0 Å². The molecule has 1 amide bonds. The largest absolute Gasteiger partial charge is 0.338 e. The highest BCUT2D eigenvalue weighted by atomic mass is 79.9. The molecule has 2 aromatic carbocycles. The van der Waals surface area contributed by atoms with E-state index in [4.69, 9.17) is 16.4 Å². The standard InChI is InChI=1S/C30H34BrClN4O2/c1-3-38-34-28(21-4-6-23(31)7-5-21)22-11-16-36(17-12-22)30(2)13-18-35(19-14-30)29(37)26-10-15-33-27-20-24(32)8-9-25(26)27/h4-10,15,20,34H,3,11-14,16-19H2,1-2H3. The first-order chi connectivity index (χ1) is 18.4. The molecule has 1 aromatic heterocycles. The molecule has 0 unspecified atom stereocenters. The number of hydroxylamine groups is 1. The van der Waals surface area contributed by atoms with Gasteiger partial charge in [0.2, 0.25) is 0 Å². The Morgan fingerprint density at radius 2 is 1.79 bits per heavy atom. The molecule has 200 valence electrons. The van der Waals surface area contributed by atoms with Crippen molar-refractivity contribution in [2.45, 2.75) is 45.1 Å². The zero-order chi connectivity index (χ0) is 26.7. The Morgan fingerprint density at radius 1 is 1.08 bits per heavy atom. The average Bonchev–Trinajstić information content (AvgIpc) is 2.94. The topological polar surface area (TPSA) is 57.7 Å². The van der Waals surface area contributed by atoms with Crippen molar-refractivity contribution >= 4 is 50.0 Å². The second-order valence-corrected chi connectivity index (χ2v) is 11.7. The van der Waals surface area contributed by atoms with Crippen LogP contribution in [0.1, 0.15) is 55.5 Å². The highest BCUT2D eigenvalue weighted by molar-refractivity contribution is 9.10. The highest BCUT2D eigenvalue weighted by Gasteiger charge is 2.38. The van der Waals surface area contributed by atoms with Crippen molar-refractivity contribution < 1.29 is 9.63 Å². The number of aromatic nitrogens is 1. The lowest BCUT2D eigenvalue weighted by Crippen LogP contribution is -2.56. The molecule has 8 heteroatoms. The summed E-state index contributed by atoms with van der Waals surface area (Å²) in [7, 11) is 0. The van der Waals surface area contributed by atoms with E-state index in [1.807, 2.05) is 36.1 Å². The monoisotopic (exact) mass is 596 g/mol. The molecule has 3 heterocycles. The van der Waals surface area contributed by atoms with Gasteiger partial charge in [-0.05, 0) is 81.0 Å². The van der Waals surface area contributed by atoms with E-state index >= 15 is 0 Å². The van der Waals surface area contributed by atoms with Gasteiger partial charge in [0.05, 0.1) is 23.4 Å². The van der Waals surface area contributed by atoms with E-state index in [1.54, 1.807) is 6.20 Å². The number of benzene rings is 2. The normalized spacial score (nSPS) is 18.0. The van der Waals surface area contributed by atoms with Crippen LogP contribution >= 0.6 is 27.5 Å². The van der Waals surface area contributed by atoms with Gasteiger partial charge in [-0.3, -0.25) is 25.0 Å². The number of nitrogens with zero attached hydrogens (tertiary/aromatic N) is 3. The molecular formula is C30H34BrClN4O2. The summed E-state index contributed by atoms with van der Waals surface area (Å²) >= 11 is 9.67. The molecule has 38 heavy (non-hydrogen) atoms. The summed E-state index contributed by atoms with van der Waals surface area (Å²) in [5.74, 6) is 0.0757. The minimum atomic E-state index is 0.0757. The number of carbonyl (C=O) groups is 1. The minimum Gasteiger partial charge on any atom is -0.338 e. The minimum absolute atomic E-state index is 0.0757. The van der Waals surface area contributed by atoms with Crippen LogP contribution < -0.4 is 5.48 Å². The number of pyridine rings is 1. The molecule has 0 atom stereocenters. The fraction of sp³-hybridized carbons (Fsp3) is 0.400. The number of hydrogen-bond donors (Lipinski definition) is 1. The fourth-order valence-corrected chi connectivity index (χ4v) is 6.08. The quantitative estimate of drug-likeness (QED) is 0.321. The molecule has 3 aromatic rings. The lowest BCUT2D eigenvalue weighted by molar-refractivity contribution is 0.0257. The van der Waals surface area contributed by atoms with Gasteiger partial charge in [-0.2, -0.15) is 0 Å². The smallest absolute Gasteiger partial charge is 0.254 e. The predicted molar refractivity (Wildman–Crippen MR) is 157 cm³/mol. The average molecular weight is 598 g/mol. The summed E-state index contributed by atoms with van der Waals surface area (Å²) in [4.78, 5) is 28.1. The summed E-state index contributed by atoms with van der Waals surface area (Å²) in [6.45, 7) is 8.47. The third kappa shape index (κ3) is 5.76. The Morgan fingerprint density at radius 3 is 2.47 bits per heavy atom. The van der Waals surface area contributed by atoms with Crippen LogP contribution in [0, 0.1) is 0 Å². The van der Waals surface area contributed by atoms with Crippen LogP contribution in [0.25, 0.3) is 16.6 Å². The maximum atomic E-state index is 13.5. The van der Waals surface area contributed by atoms with Gasteiger partial charge in [0.25, 0.3) is 5.91 Å². The fourth-order valence-electron chi connectivity index (χ4n) is 5.65. The number of likely N-dealkylation sites (tertiary alicyclic amines) is 2. The van der Waals surface area contributed by atoms with Crippen molar-refractivity contribution in [1.82, 2.24) is 20.3 Å². The molecule has 2 aliphatic heterocycles. The van der Waals surface area contributed by atoms with E-state index in [-0.39, 0.29) is 11.4 Å². The van der Waals surface area contributed by atoms with Crippen molar-refractivity contribution in [3.8, 4) is 0 Å². The lowest BCUT2D eigenvalue weighted by atomic mass is 9.84. The van der Waals surface area contributed by atoms with Gasteiger partial charge in [-0.1, -0.05) is 45.7 Å². The molecule has 0 bridgehead atoms. The molecule has 5 rings (SSSR count). The molecule has 0 aliphatic carbocycles. The van der Waals surface area contributed by atoms with Crippen LogP contribution in [0.15, 0.2) is 64.8 Å². The molecule has 2 aliphatic rings. The van der Waals surface area contributed by atoms with E-state index in [0.29, 0.717) is 17.2 Å². The summed E-state index contributed by atoms with van der Waals surface area (Å²) in [5.41, 5.74) is 8.40. The van der Waals surface area contributed by atoms with Gasteiger partial charge in [0, 0.05) is 52.8 Å². The van der Waals surface area contributed by atoms with Gasteiger partial charge in [0.15, 0.2) is 0 Å². The van der Waals surface area contributed by atoms with Crippen LogP contribution in [0.2, 0.25) is 5.02 Å². The number of amides is 1.